The molecule has 0 atom stereocenters. The molecule has 0 saturated heterocycles. The Morgan fingerprint density at radius 2 is 1.29 bits per heavy atom. The number of fused-ring (bicyclic) bond motifs is 3. The van der Waals surface area contributed by atoms with Crippen molar-refractivity contribution in [2.24, 2.45) is 0 Å². The molecule has 1 aliphatic carbocycles. The van der Waals surface area contributed by atoms with Crippen molar-refractivity contribution in [3.63, 3.8) is 0 Å². The first-order valence-electron chi connectivity index (χ1n) is 8.38. The molecule has 28 heavy (non-hydrogen) atoms. The summed E-state index contributed by atoms with van der Waals surface area (Å²) >= 11 is 0. The zero-order valence-corrected chi connectivity index (χ0v) is 19.0. The third-order valence-electron chi connectivity index (χ3n) is 4.38. The van der Waals surface area contributed by atoms with Gasteiger partial charge >= 0.3 is 26.2 Å². The van der Waals surface area contributed by atoms with Gasteiger partial charge in [0.25, 0.3) is 0 Å². The van der Waals surface area contributed by atoms with Gasteiger partial charge in [-0.15, -0.1) is 51.9 Å². The summed E-state index contributed by atoms with van der Waals surface area (Å²) in [5, 5.41) is 5.39. The molecule has 0 aromatic heterocycles. The maximum absolute atomic E-state index is 13.1. The van der Waals surface area contributed by atoms with E-state index < -0.39 is 0 Å². The summed E-state index contributed by atoms with van der Waals surface area (Å²) in [4.78, 5) is 0. The minimum Gasteiger partial charge on any atom is -1.00 e. The topological polar surface area (TPSA) is 0 Å². The van der Waals surface area contributed by atoms with Crippen molar-refractivity contribution < 1.29 is 55.4 Å². The number of rotatable bonds is 1. The maximum Gasteiger partial charge on any atom is 4.00 e. The van der Waals surface area contributed by atoms with Gasteiger partial charge in [0.1, 0.15) is 0 Å². The van der Waals surface area contributed by atoms with Crippen molar-refractivity contribution in [2.75, 3.05) is 0 Å². The number of hydrogen-bond donors (Lipinski definition) is 0. The van der Waals surface area contributed by atoms with E-state index in [1.54, 1.807) is 12.1 Å². The molecule has 138 valence electrons. The summed E-state index contributed by atoms with van der Waals surface area (Å²) in [6.45, 7) is 0. The number of halogens is 3. The van der Waals surface area contributed by atoms with Crippen LogP contribution in [-0.2, 0) is 26.2 Å². The molecular weight excluding hydrogens is 469 g/mol. The van der Waals surface area contributed by atoms with Crippen LogP contribution in [0.4, 0.5) is 4.39 Å². The Labute approximate surface area is 196 Å². The number of hydrogen-bond acceptors (Lipinski definition) is 0. The molecule has 4 aromatic rings. The van der Waals surface area contributed by atoms with Gasteiger partial charge in [-0.3, -0.25) is 0 Å². The molecule has 5 rings (SSSR count). The maximum atomic E-state index is 13.1. The molecule has 0 fully saturated rings. The van der Waals surface area contributed by atoms with Crippen LogP contribution in [0, 0.1) is 11.9 Å². The molecule has 0 unspecified atom stereocenters. The Kier molecular flexibility index (Phi) is 9.96. The summed E-state index contributed by atoms with van der Waals surface area (Å²) in [7, 11) is 0. The minimum absolute atomic E-state index is 0. The molecule has 0 amide bonds. The van der Waals surface area contributed by atoms with Gasteiger partial charge in [0.2, 0.25) is 0 Å². The van der Waals surface area contributed by atoms with Crippen molar-refractivity contribution in [3.05, 3.63) is 108 Å². The molecule has 0 heterocycles. The second kappa shape index (κ2) is 11.4. The van der Waals surface area contributed by atoms with Gasteiger partial charge in [-0.25, -0.2) is 4.39 Å². The fraction of sp³-hybridized carbons (Fsp3) is 0.0417. The van der Waals surface area contributed by atoms with E-state index in [4.69, 9.17) is 0 Å². The van der Waals surface area contributed by atoms with Gasteiger partial charge in [-0.2, -0.15) is 17.7 Å². The van der Waals surface area contributed by atoms with Crippen molar-refractivity contribution in [3.8, 4) is 0 Å². The molecule has 0 nitrogen and oxygen atoms in total. The van der Waals surface area contributed by atoms with Crippen LogP contribution in [-0.4, -0.2) is 0 Å². The van der Waals surface area contributed by atoms with Gasteiger partial charge in [0, 0.05) is 0 Å². The first kappa shape index (κ1) is 24.4. The Morgan fingerprint density at radius 1 is 0.750 bits per heavy atom. The van der Waals surface area contributed by atoms with Crippen LogP contribution in [0.15, 0.2) is 91.0 Å². The fourth-order valence-electron chi connectivity index (χ4n) is 3.17. The molecule has 0 radical (unpaired) electrons. The summed E-state index contributed by atoms with van der Waals surface area (Å²) in [5.74, 6) is -0.174. The van der Waals surface area contributed by atoms with Crippen LogP contribution in [0.3, 0.4) is 0 Å². The predicted octanol–water partition coefficient (Wildman–Crippen LogP) is 0.690. The van der Waals surface area contributed by atoms with Crippen LogP contribution in [0.5, 0.6) is 0 Å². The second-order valence-electron chi connectivity index (χ2n) is 6.00. The summed E-state index contributed by atoms with van der Waals surface area (Å²) in [5.41, 5.74) is 1.51. The molecule has 0 aliphatic heterocycles. The van der Waals surface area contributed by atoms with Crippen LogP contribution in [0.1, 0.15) is 12.0 Å². The van der Waals surface area contributed by atoms with Crippen LogP contribution < -0.4 is 24.8 Å². The molecule has 0 saturated carbocycles. The minimum atomic E-state index is -0.174. The van der Waals surface area contributed by atoms with Gasteiger partial charge in [-0.1, -0.05) is 60.5 Å². The predicted molar refractivity (Wildman–Crippen MR) is 104 cm³/mol. The van der Waals surface area contributed by atoms with E-state index in [0.29, 0.717) is 5.56 Å². The first-order valence-corrected chi connectivity index (χ1v) is 8.38. The van der Waals surface area contributed by atoms with Crippen LogP contribution in [0.2, 0.25) is 0 Å². The van der Waals surface area contributed by atoms with E-state index in [1.807, 2.05) is 18.2 Å². The van der Waals surface area contributed by atoms with E-state index >= 15 is 0 Å². The molecule has 4 heteroatoms. The molecule has 0 spiro atoms. The van der Waals surface area contributed by atoms with Crippen molar-refractivity contribution >= 4 is 27.1 Å². The second-order valence-corrected chi connectivity index (χ2v) is 6.00. The fourth-order valence-corrected chi connectivity index (χ4v) is 3.17. The van der Waals surface area contributed by atoms with E-state index in [0.717, 1.165) is 12.0 Å². The van der Waals surface area contributed by atoms with E-state index in [9.17, 15) is 4.39 Å². The molecular formula is C24H17Cl2FZr. The zero-order valence-electron chi connectivity index (χ0n) is 15.0. The Bertz CT molecular complexity index is 1050. The largest absolute Gasteiger partial charge is 4.00 e. The average molecular weight is 487 g/mol. The molecule has 0 bridgehead atoms. The zero-order chi connectivity index (χ0) is 17.1. The summed E-state index contributed by atoms with van der Waals surface area (Å²) in [6.07, 6.45) is 7.75. The third kappa shape index (κ3) is 5.26. The van der Waals surface area contributed by atoms with E-state index in [-0.39, 0.29) is 56.8 Å². The normalized spacial score (nSPS) is 11.5. The van der Waals surface area contributed by atoms with Gasteiger partial charge in [0.05, 0.1) is 5.82 Å². The van der Waals surface area contributed by atoms with Crippen molar-refractivity contribution in [1.29, 1.82) is 0 Å². The Balaban J connectivity index is 0.000000254. The van der Waals surface area contributed by atoms with Crippen LogP contribution >= 0.6 is 0 Å². The molecule has 1 aliphatic rings. The third-order valence-corrected chi connectivity index (χ3v) is 4.38. The molecule has 4 aromatic carbocycles. The SMILES string of the molecule is Fc1ccccc1C1=[C-]CC=C1.[Cl-].[Cl-].[Zr+4].c1ccc2c(c1)[cH-]c1ccccc12. The van der Waals surface area contributed by atoms with Gasteiger partial charge < -0.3 is 24.8 Å². The van der Waals surface area contributed by atoms with E-state index in [1.165, 1.54) is 27.6 Å². The summed E-state index contributed by atoms with van der Waals surface area (Å²) in [6, 6.07) is 26.0. The van der Waals surface area contributed by atoms with Gasteiger partial charge in [0.15, 0.2) is 0 Å². The Morgan fingerprint density at radius 3 is 1.82 bits per heavy atom. The van der Waals surface area contributed by atoms with Crippen LogP contribution in [0.25, 0.3) is 27.1 Å². The first-order chi connectivity index (χ1) is 12.3. The number of benzene rings is 3. The van der Waals surface area contributed by atoms with Crippen molar-refractivity contribution in [1.82, 2.24) is 0 Å². The number of allylic oxidation sites excluding steroid dienone is 4. The van der Waals surface area contributed by atoms with Crippen molar-refractivity contribution in [2.45, 2.75) is 6.42 Å². The summed E-state index contributed by atoms with van der Waals surface area (Å²) < 4.78 is 13.1. The standard InChI is InChI=1S/C13H9.C11H8F.2ClH.Zr/c1-3-7-12-10(5-1)9-11-6-2-4-8-13(11)12;12-11-8-4-3-7-10(11)9-5-1-2-6-9;;;/h1-9H;1,3-5,7-8H,2H2;2*1H;/q2*-1;;;+4/p-2. The monoisotopic (exact) mass is 484 g/mol. The molecule has 0 N–H and O–H groups in total. The Hall–Kier alpha value is -1.60. The van der Waals surface area contributed by atoms with E-state index in [2.05, 4.69) is 60.7 Å². The quantitative estimate of drug-likeness (QED) is 0.348. The average Bonchev–Trinajstić information content (AvgIpc) is 3.30. The van der Waals surface area contributed by atoms with Gasteiger partial charge in [-0.05, 0) is 6.07 Å². The smallest absolute Gasteiger partial charge is 1.00 e.